The first-order chi connectivity index (χ1) is 15.4. The summed E-state index contributed by atoms with van der Waals surface area (Å²) in [4.78, 5) is 30.4. The first-order valence-corrected chi connectivity index (χ1v) is 11.4. The summed E-state index contributed by atoms with van der Waals surface area (Å²) < 4.78 is 1.81. The van der Waals surface area contributed by atoms with E-state index in [9.17, 15) is 9.59 Å². The molecule has 0 aliphatic carbocycles. The van der Waals surface area contributed by atoms with Gasteiger partial charge in [0, 0.05) is 63.4 Å². The molecule has 4 rings (SSSR count). The first kappa shape index (κ1) is 23.6. The lowest BCUT2D eigenvalue weighted by Gasteiger charge is -2.26. The van der Waals surface area contributed by atoms with Gasteiger partial charge < -0.3 is 14.8 Å². The molecule has 3 aromatic rings. The van der Waals surface area contributed by atoms with Gasteiger partial charge in [0.25, 0.3) is 5.91 Å². The number of hydrogen-bond donors (Lipinski definition) is 1. The molecule has 172 valence electrons. The van der Waals surface area contributed by atoms with E-state index in [0.717, 1.165) is 36.8 Å². The molecule has 0 bridgehead atoms. The normalized spacial score (nSPS) is 13.7. The lowest BCUT2D eigenvalue weighted by Crippen LogP contribution is -2.36. The van der Waals surface area contributed by atoms with Gasteiger partial charge in [-0.1, -0.05) is 26.0 Å². The highest BCUT2D eigenvalue weighted by atomic mass is 16.2. The van der Waals surface area contributed by atoms with Crippen LogP contribution < -0.4 is 0 Å². The van der Waals surface area contributed by atoms with Crippen LogP contribution in [0.1, 0.15) is 61.5 Å². The second-order valence-corrected chi connectivity index (χ2v) is 8.81. The van der Waals surface area contributed by atoms with Crippen LogP contribution in [0.15, 0.2) is 42.7 Å². The molecule has 32 heavy (non-hydrogen) atoms. The molecule has 2 amide bonds. The maximum Gasteiger partial charge on any atom is 0.269 e. The minimum absolute atomic E-state index is 0.0101. The third-order valence-electron chi connectivity index (χ3n) is 5.78. The topological polar surface area (TPSA) is 74.2 Å². The van der Waals surface area contributed by atoms with Crippen molar-refractivity contribution in [3.8, 4) is 0 Å². The van der Waals surface area contributed by atoms with Crippen LogP contribution in [0, 0.1) is 0 Å². The van der Waals surface area contributed by atoms with Crippen LogP contribution in [0.25, 0.3) is 10.9 Å². The molecule has 0 saturated carbocycles. The van der Waals surface area contributed by atoms with Crippen molar-refractivity contribution in [2.75, 3.05) is 27.2 Å². The maximum absolute atomic E-state index is 11.9. The molecule has 1 fully saturated rings. The van der Waals surface area contributed by atoms with Crippen molar-refractivity contribution in [2.45, 2.75) is 52.0 Å². The summed E-state index contributed by atoms with van der Waals surface area (Å²) in [5.74, 6) is 0.734. The van der Waals surface area contributed by atoms with E-state index >= 15 is 0 Å². The summed E-state index contributed by atoms with van der Waals surface area (Å²) in [6.07, 6.45) is 7.79. The molecule has 1 saturated heterocycles. The summed E-state index contributed by atoms with van der Waals surface area (Å²) in [5, 5.41) is 5.23. The average molecular weight is 438 g/mol. The zero-order valence-electron chi connectivity index (χ0n) is 19.7. The minimum atomic E-state index is 0.0101. The lowest BCUT2D eigenvalue weighted by molar-refractivity contribution is -0.132. The molecule has 1 aliphatic heterocycles. The van der Waals surface area contributed by atoms with Crippen molar-refractivity contribution in [3.05, 3.63) is 54.0 Å². The van der Waals surface area contributed by atoms with E-state index in [1.54, 1.807) is 25.2 Å². The fourth-order valence-corrected chi connectivity index (χ4v) is 3.98. The van der Waals surface area contributed by atoms with Gasteiger partial charge in [-0.3, -0.25) is 14.3 Å². The highest BCUT2D eigenvalue weighted by Gasteiger charge is 2.16. The number of aryl methyl sites for hydroxylation is 1. The molecular formula is C25H35N5O2. The molecule has 0 spiro atoms. The zero-order chi connectivity index (χ0) is 23.1. The Balaban J connectivity index is 0.000000182. The van der Waals surface area contributed by atoms with Gasteiger partial charge in [-0.15, -0.1) is 0 Å². The van der Waals surface area contributed by atoms with Crippen LogP contribution in [0.4, 0.5) is 0 Å². The van der Waals surface area contributed by atoms with Crippen LogP contribution in [-0.2, 0) is 11.3 Å². The Morgan fingerprint density at radius 2 is 1.88 bits per heavy atom. The number of aromatic amines is 1. The number of amides is 2. The standard InChI is InChI=1S/C14H18N2O.C11H17N3O/c1-9(2)10-6-5-7-12-11(10)8-13(15-12)14(17)16(3)4;15-11(13-7-2-1-3-8-13)5-10-14-9-4-6-12-14/h5-9,15H,1-4H3;4,6,9H,1-3,5,7-8,10H2. The van der Waals surface area contributed by atoms with Crippen molar-refractivity contribution < 1.29 is 9.59 Å². The van der Waals surface area contributed by atoms with Crippen molar-refractivity contribution >= 4 is 22.7 Å². The van der Waals surface area contributed by atoms with E-state index in [-0.39, 0.29) is 11.8 Å². The Hall–Kier alpha value is -3.09. The summed E-state index contributed by atoms with van der Waals surface area (Å²) in [7, 11) is 3.52. The molecule has 1 N–H and O–H groups in total. The summed E-state index contributed by atoms with van der Waals surface area (Å²) in [5.41, 5.74) is 2.95. The fraction of sp³-hybridized carbons (Fsp3) is 0.480. The number of nitrogens with zero attached hydrogens (tertiary/aromatic N) is 4. The molecule has 7 nitrogen and oxygen atoms in total. The number of rotatable bonds is 5. The molecule has 2 aromatic heterocycles. The largest absolute Gasteiger partial charge is 0.351 e. The zero-order valence-corrected chi connectivity index (χ0v) is 19.7. The predicted octanol–water partition coefficient (Wildman–Crippen LogP) is 4.28. The van der Waals surface area contributed by atoms with Crippen LogP contribution >= 0.6 is 0 Å². The number of nitrogens with one attached hydrogen (secondary N) is 1. The fourth-order valence-electron chi connectivity index (χ4n) is 3.98. The van der Waals surface area contributed by atoms with E-state index in [1.165, 1.54) is 12.0 Å². The Morgan fingerprint density at radius 3 is 2.50 bits per heavy atom. The van der Waals surface area contributed by atoms with Crippen molar-refractivity contribution in [1.29, 1.82) is 0 Å². The number of carbonyl (C=O) groups is 2. The monoisotopic (exact) mass is 437 g/mol. The van der Waals surface area contributed by atoms with Gasteiger partial charge in [-0.05, 0) is 48.9 Å². The molecule has 1 aliphatic rings. The third kappa shape index (κ3) is 5.99. The number of fused-ring (bicyclic) bond motifs is 1. The van der Waals surface area contributed by atoms with Gasteiger partial charge in [0.05, 0.1) is 0 Å². The van der Waals surface area contributed by atoms with E-state index in [2.05, 4.69) is 30.0 Å². The van der Waals surface area contributed by atoms with Crippen LogP contribution in [0.2, 0.25) is 0 Å². The lowest BCUT2D eigenvalue weighted by atomic mass is 9.99. The van der Waals surface area contributed by atoms with Crippen LogP contribution in [-0.4, -0.2) is 63.6 Å². The Kier molecular flexibility index (Phi) is 8.09. The smallest absolute Gasteiger partial charge is 0.269 e. The van der Waals surface area contributed by atoms with Gasteiger partial charge in [0.15, 0.2) is 0 Å². The van der Waals surface area contributed by atoms with Crippen molar-refractivity contribution in [3.63, 3.8) is 0 Å². The highest BCUT2D eigenvalue weighted by molar-refractivity contribution is 5.98. The SMILES string of the molecule is CC(C)c1cccc2[nH]c(C(=O)N(C)C)cc12.O=C(CCn1cccn1)N1CCCCC1. The van der Waals surface area contributed by atoms with Gasteiger partial charge in [-0.2, -0.15) is 5.10 Å². The van der Waals surface area contributed by atoms with E-state index in [1.807, 2.05) is 40.0 Å². The molecule has 1 aromatic carbocycles. The first-order valence-electron chi connectivity index (χ1n) is 11.4. The number of carbonyl (C=O) groups excluding carboxylic acids is 2. The molecule has 0 radical (unpaired) electrons. The van der Waals surface area contributed by atoms with Crippen LogP contribution in [0.5, 0.6) is 0 Å². The van der Waals surface area contributed by atoms with Gasteiger partial charge in [0.1, 0.15) is 5.69 Å². The Bertz CT molecular complexity index is 1010. The summed E-state index contributed by atoms with van der Waals surface area (Å²) in [6.45, 7) is 6.91. The molecule has 0 atom stereocenters. The van der Waals surface area contributed by atoms with E-state index < -0.39 is 0 Å². The minimum Gasteiger partial charge on any atom is -0.351 e. The number of likely N-dealkylation sites (tertiary alicyclic amines) is 1. The van der Waals surface area contributed by atoms with Gasteiger partial charge >= 0.3 is 0 Å². The van der Waals surface area contributed by atoms with Gasteiger partial charge in [0.2, 0.25) is 5.91 Å². The number of H-pyrrole nitrogens is 1. The summed E-state index contributed by atoms with van der Waals surface area (Å²) in [6, 6.07) is 9.98. The molecule has 7 heteroatoms. The summed E-state index contributed by atoms with van der Waals surface area (Å²) >= 11 is 0. The number of piperidine rings is 1. The predicted molar refractivity (Wildman–Crippen MR) is 128 cm³/mol. The van der Waals surface area contributed by atoms with Crippen molar-refractivity contribution in [1.82, 2.24) is 24.6 Å². The Labute approximate surface area is 190 Å². The quantitative estimate of drug-likeness (QED) is 0.647. The highest BCUT2D eigenvalue weighted by Crippen LogP contribution is 2.26. The molecule has 0 unspecified atom stereocenters. The average Bonchev–Trinajstić information content (AvgIpc) is 3.47. The van der Waals surface area contributed by atoms with Crippen LogP contribution in [0.3, 0.4) is 0 Å². The molecule has 3 heterocycles. The maximum atomic E-state index is 11.9. The third-order valence-corrected chi connectivity index (χ3v) is 5.78. The van der Waals surface area contributed by atoms with Crippen molar-refractivity contribution in [2.24, 2.45) is 0 Å². The van der Waals surface area contributed by atoms with Gasteiger partial charge in [-0.25, -0.2) is 0 Å². The Morgan fingerprint density at radius 1 is 1.12 bits per heavy atom. The second-order valence-electron chi connectivity index (χ2n) is 8.81. The van der Waals surface area contributed by atoms with E-state index in [0.29, 0.717) is 24.6 Å². The molecular weight excluding hydrogens is 402 g/mol. The second kappa shape index (κ2) is 11.0. The number of benzene rings is 1. The number of hydrogen-bond acceptors (Lipinski definition) is 3. The number of aromatic nitrogens is 3. The van der Waals surface area contributed by atoms with E-state index in [4.69, 9.17) is 0 Å².